The van der Waals surface area contributed by atoms with E-state index < -0.39 is 0 Å². The van der Waals surface area contributed by atoms with Gasteiger partial charge in [-0.1, -0.05) is 30.3 Å². The molecule has 0 radical (unpaired) electrons. The molecule has 0 aliphatic rings. The Morgan fingerprint density at radius 2 is 1.89 bits per heavy atom. The minimum Gasteiger partial charge on any atom is -0.309 e. The average molecular weight is 262 g/mol. The second kappa shape index (κ2) is 7.45. The van der Waals surface area contributed by atoms with E-state index in [-0.39, 0.29) is 5.41 Å². The Hall–Kier alpha value is -0.980. The highest BCUT2D eigenvalue weighted by molar-refractivity contribution is 7.98. The Kier molecular flexibility index (Phi) is 6.24. The zero-order chi connectivity index (χ0) is 13.4. The van der Waals surface area contributed by atoms with Gasteiger partial charge in [0.15, 0.2) is 0 Å². The average Bonchev–Trinajstić information content (AvgIpc) is 2.40. The van der Waals surface area contributed by atoms with Crippen LogP contribution in [0.25, 0.3) is 0 Å². The van der Waals surface area contributed by atoms with E-state index >= 15 is 0 Å². The second-order valence-corrected chi connectivity index (χ2v) is 5.84. The summed E-state index contributed by atoms with van der Waals surface area (Å²) in [7, 11) is 4.11. The van der Waals surface area contributed by atoms with E-state index in [9.17, 15) is 5.26 Å². The van der Waals surface area contributed by atoms with Crippen LogP contribution in [0.5, 0.6) is 0 Å². The largest absolute Gasteiger partial charge is 0.309 e. The number of rotatable bonds is 7. The minimum atomic E-state index is -0.339. The van der Waals surface area contributed by atoms with E-state index in [1.807, 2.05) is 30.0 Å². The number of hydrogen-bond acceptors (Lipinski definition) is 3. The van der Waals surface area contributed by atoms with Crippen molar-refractivity contribution in [3.05, 3.63) is 35.9 Å². The summed E-state index contributed by atoms with van der Waals surface area (Å²) >= 11 is 1.81. The molecule has 0 fully saturated rings. The number of thioether (sulfide) groups is 1. The fourth-order valence-corrected chi connectivity index (χ4v) is 2.59. The fourth-order valence-electron chi connectivity index (χ4n) is 2.04. The predicted molar refractivity (Wildman–Crippen MR) is 79.9 cm³/mol. The first kappa shape index (κ1) is 15.1. The van der Waals surface area contributed by atoms with Crippen LogP contribution in [0.15, 0.2) is 30.3 Å². The van der Waals surface area contributed by atoms with Crippen LogP contribution < -0.4 is 0 Å². The van der Waals surface area contributed by atoms with Crippen molar-refractivity contribution < 1.29 is 0 Å². The number of hydrogen-bond donors (Lipinski definition) is 0. The lowest BCUT2D eigenvalue weighted by Gasteiger charge is -2.28. The van der Waals surface area contributed by atoms with Crippen LogP contribution >= 0.6 is 11.8 Å². The Morgan fingerprint density at radius 3 is 2.39 bits per heavy atom. The van der Waals surface area contributed by atoms with Crippen LogP contribution in [-0.2, 0) is 5.41 Å². The molecule has 0 saturated carbocycles. The molecule has 0 saturated heterocycles. The lowest BCUT2D eigenvalue weighted by Crippen LogP contribution is -2.30. The van der Waals surface area contributed by atoms with E-state index in [0.29, 0.717) is 0 Å². The molecule has 1 rings (SSSR count). The van der Waals surface area contributed by atoms with Crippen molar-refractivity contribution >= 4 is 11.8 Å². The van der Waals surface area contributed by atoms with Crippen molar-refractivity contribution in [2.45, 2.75) is 18.3 Å². The van der Waals surface area contributed by atoms with Crippen molar-refractivity contribution in [1.82, 2.24) is 4.90 Å². The second-order valence-electron chi connectivity index (χ2n) is 4.86. The van der Waals surface area contributed by atoms with Crippen molar-refractivity contribution in [1.29, 1.82) is 5.26 Å². The number of benzene rings is 1. The van der Waals surface area contributed by atoms with Crippen molar-refractivity contribution in [3.8, 4) is 6.07 Å². The van der Waals surface area contributed by atoms with Gasteiger partial charge in [-0.2, -0.15) is 17.0 Å². The Bertz CT molecular complexity index is 383. The van der Waals surface area contributed by atoms with Gasteiger partial charge in [0.2, 0.25) is 0 Å². The molecule has 0 N–H and O–H groups in total. The van der Waals surface area contributed by atoms with E-state index in [0.717, 1.165) is 30.7 Å². The molecule has 0 amide bonds. The van der Waals surface area contributed by atoms with Gasteiger partial charge in [-0.25, -0.2) is 0 Å². The summed E-state index contributed by atoms with van der Waals surface area (Å²) in [5, 5.41) is 9.69. The highest BCUT2D eigenvalue weighted by atomic mass is 32.2. The Balaban J connectivity index is 2.95. The molecule has 1 atom stereocenters. The third-order valence-corrected chi connectivity index (χ3v) is 3.87. The van der Waals surface area contributed by atoms with Crippen LogP contribution in [-0.4, -0.2) is 37.5 Å². The molecule has 0 heterocycles. The smallest absolute Gasteiger partial charge is 0.0842 e. The zero-order valence-electron chi connectivity index (χ0n) is 11.5. The van der Waals surface area contributed by atoms with Crippen LogP contribution in [0.2, 0.25) is 0 Å². The van der Waals surface area contributed by atoms with Crippen molar-refractivity contribution in [3.63, 3.8) is 0 Å². The van der Waals surface area contributed by atoms with Crippen LogP contribution in [0.4, 0.5) is 0 Å². The van der Waals surface area contributed by atoms with Gasteiger partial charge in [0, 0.05) is 0 Å². The van der Waals surface area contributed by atoms with Gasteiger partial charge in [0.1, 0.15) is 0 Å². The highest BCUT2D eigenvalue weighted by Crippen LogP contribution is 2.32. The summed E-state index contributed by atoms with van der Waals surface area (Å²) in [6, 6.07) is 12.8. The summed E-state index contributed by atoms with van der Waals surface area (Å²) < 4.78 is 0. The molecule has 0 spiro atoms. The molecule has 98 valence electrons. The Labute approximate surface area is 115 Å². The Morgan fingerprint density at radius 1 is 1.22 bits per heavy atom. The number of nitriles is 1. The SMILES string of the molecule is CSCC[C@](C#N)(CCN(C)C)c1ccccc1. The zero-order valence-corrected chi connectivity index (χ0v) is 12.3. The third kappa shape index (κ3) is 4.04. The molecule has 0 bridgehead atoms. The maximum atomic E-state index is 9.69. The summed E-state index contributed by atoms with van der Waals surface area (Å²) in [5.74, 6) is 1.02. The summed E-state index contributed by atoms with van der Waals surface area (Å²) in [4.78, 5) is 2.15. The van der Waals surface area contributed by atoms with Gasteiger partial charge in [0.25, 0.3) is 0 Å². The van der Waals surface area contributed by atoms with Crippen LogP contribution in [0.3, 0.4) is 0 Å². The standard InChI is InChI=1S/C15H22N2S/c1-17(2)11-9-15(13-16,10-12-18-3)14-7-5-4-6-8-14/h4-8H,9-12H2,1-3H3/t15-/m0/s1. The molecular formula is C15H22N2S. The van der Waals surface area contributed by atoms with Crippen LogP contribution in [0.1, 0.15) is 18.4 Å². The van der Waals surface area contributed by atoms with Crippen molar-refractivity contribution in [2.75, 3.05) is 32.6 Å². The van der Waals surface area contributed by atoms with Gasteiger partial charge >= 0.3 is 0 Å². The molecule has 18 heavy (non-hydrogen) atoms. The molecule has 1 aromatic rings. The van der Waals surface area contributed by atoms with Gasteiger partial charge in [0.05, 0.1) is 11.5 Å². The molecular weight excluding hydrogens is 240 g/mol. The molecule has 3 heteroatoms. The number of nitrogens with zero attached hydrogens (tertiary/aromatic N) is 2. The first-order valence-electron chi connectivity index (χ1n) is 6.25. The molecule has 0 aromatic heterocycles. The fraction of sp³-hybridized carbons (Fsp3) is 0.533. The summed E-state index contributed by atoms with van der Waals surface area (Å²) in [6.07, 6.45) is 3.91. The molecule has 0 aliphatic heterocycles. The van der Waals surface area contributed by atoms with Gasteiger partial charge in [-0.05, 0) is 51.1 Å². The monoisotopic (exact) mass is 262 g/mol. The normalized spacial score (nSPS) is 14.2. The van der Waals surface area contributed by atoms with E-state index in [4.69, 9.17) is 0 Å². The minimum absolute atomic E-state index is 0.339. The lowest BCUT2D eigenvalue weighted by molar-refractivity contribution is 0.348. The van der Waals surface area contributed by atoms with E-state index in [1.54, 1.807) is 0 Å². The van der Waals surface area contributed by atoms with Crippen LogP contribution in [0, 0.1) is 11.3 Å². The van der Waals surface area contributed by atoms with Gasteiger partial charge in [-0.3, -0.25) is 0 Å². The van der Waals surface area contributed by atoms with E-state index in [1.165, 1.54) is 0 Å². The predicted octanol–water partition coefficient (Wildman–Crippen LogP) is 3.15. The van der Waals surface area contributed by atoms with E-state index in [2.05, 4.69) is 43.5 Å². The lowest BCUT2D eigenvalue weighted by atomic mass is 9.76. The molecule has 0 unspecified atom stereocenters. The highest BCUT2D eigenvalue weighted by Gasteiger charge is 2.31. The molecule has 2 nitrogen and oxygen atoms in total. The van der Waals surface area contributed by atoms with Crippen molar-refractivity contribution in [2.24, 2.45) is 0 Å². The third-order valence-electron chi connectivity index (χ3n) is 3.26. The summed E-state index contributed by atoms with van der Waals surface area (Å²) in [6.45, 7) is 0.941. The maximum absolute atomic E-state index is 9.69. The van der Waals surface area contributed by atoms with Gasteiger partial charge in [-0.15, -0.1) is 0 Å². The first-order chi connectivity index (χ1) is 8.64. The quantitative estimate of drug-likeness (QED) is 0.755. The maximum Gasteiger partial charge on any atom is 0.0842 e. The first-order valence-corrected chi connectivity index (χ1v) is 7.64. The van der Waals surface area contributed by atoms with Gasteiger partial charge < -0.3 is 4.90 Å². The summed E-state index contributed by atoms with van der Waals surface area (Å²) in [5.41, 5.74) is 0.817. The topological polar surface area (TPSA) is 27.0 Å². The molecule has 1 aromatic carbocycles. The molecule has 0 aliphatic carbocycles.